The standard InChI is InChI=1S/C9H15F3N2O2/c10-9(11,12)6-16-5-8(14-13)7-2-1-3-15-4-7/h4,8,14H,1-3,5-6,13H2. The molecule has 94 valence electrons. The molecule has 7 heteroatoms. The minimum Gasteiger partial charge on any atom is -0.501 e. The van der Waals surface area contributed by atoms with Crippen molar-refractivity contribution in [1.29, 1.82) is 0 Å². The SMILES string of the molecule is NNC(COCC(F)(F)F)C1=COCCC1. The van der Waals surface area contributed by atoms with Crippen molar-refractivity contribution in [3.63, 3.8) is 0 Å². The molecule has 0 aromatic heterocycles. The Balaban J connectivity index is 2.34. The van der Waals surface area contributed by atoms with Gasteiger partial charge in [0.2, 0.25) is 0 Å². The molecule has 3 N–H and O–H groups in total. The van der Waals surface area contributed by atoms with Crippen molar-refractivity contribution >= 4 is 0 Å². The number of halogens is 3. The van der Waals surface area contributed by atoms with E-state index in [1.807, 2.05) is 0 Å². The number of hydrazine groups is 1. The van der Waals surface area contributed by atoms with Crippen LogP contribution >= 0.6 is 0 Å². The Morgan fingerprint density at radius 2 is 2.31 bits per heavy atom. The van der Waals surface area contributed by atoms with Gasteiger partial charge in [-0.05, 0) is 18.4 Å². The van der Waals surface area contributed by atoms with Crippen molar-refractivity contribution in [1.82, 2.24) is 5.43 Å². The molecule has 1 atom stereocenters. The van der Waals surface area contributed by atoms with E-state index in [0.29, 0.717) is 6.61 Å². The minimum absolute atomic E-state index is 0.120. The number of nitrogens with two attached hydrogens (primary N) is 1. The summed E-state index contributed by atoms with van der Waals surface area (Å²) in [5, 5.41) is 0. The third-order valence-corrected chi connectivity index (χ3v) is 2.16. The number of nitrogens with one attached hydrogen (secondary N) is 1. The van der Waals surface area contributed by atoms with Crippen LogP contribution in [0.1, 0.15) is 12.8 Å². The summed E-state index contributed by atoms with van der Waals surface area (Å²) in [5.74, 6) is 5.25. The zero-order chi connectivity index (χ0) is 12.0. The van der Waals surface area contributed by atoms with E-state index in [1.54, 1.807) is 0 Å². The summed E-state index contributed by atoms with van der Waals surface area (Å²) in [6.45, 7) is -0.755. The summed E-state index contributed by atoms with van der Waals surface area (Å²) >= 11 is 0. The Kier molecular flexibility index (Phi) is 5.04. The van der Waals surface area contributed by atoms with Gasteiger partial charge in [0.15, 0.2) is 0 Å². The maximum Gasteiger partial charge on any atom is 0.411 e. The first-order valence-corrected chi connectivity index (χ1v) is 4.94. The van der Waals surface area contributed by atoms with Crippen molar-refractivity contribution in [2.75, 3.05) is 19.8 Å². The van der Waals surface area contributed by atoms with Crippen LogP contribution in [0.15, 0.2) is 11.8 Å². The maximum atomic E-state index is 11.8. The molecule has 0 aromatic carbocycles. The fraction of sp³-hybridized carbons (Fsp3) is 0.778. The zero-order valence-corrected chi connectivity index (χ0v) is 8.72. The second-order valence-electron chi connectivity index (χ2n) is 3.52. The van der Waals surface area contributed by atoms with Gasteiger partial charge in [-0.25, -0.2) is 0 Å². The van der Waals surface area contributed by atoms with Crippen LogP contribution in [-0.2, 0) is 9.47 Å². The summed E-state index contributed by atoms with van der Waals surface area (Å²) in [7, 11) is 0. The monoisotopic (exact) mass is 240 g/mol. The van der Waals surface area contributed by atoms with Crippen LogP contribution in [0.5, 0.6) is 0 Å². The van der Waals surface area contributed by atoms with Crippen LogP contribution in [0.4, 0.5) is 13.2 Å². The second kappa shape index (κ2) is 6.07. The maximum absolute atomic E-state index is 11.8. The Morgan fingerprint density at radius 3 is 2.81 bits per heavy atom. The largest absolute Gasteiger partial charge is 0.501 e. The molecule has 0 saturated carbocycles. The van der Waals surface area contributed by atoms with E-state index in [0.717, 1.165) is 18.4 Å². The van der Waals surface area contributed by atoms with Crippen molar-refractivity contribution in [3.8, 4) is 0 Å². The van der Waals surface area contributed by atoms with E-state index < -0.39 is 18.8 Å². The molecule has 0 aliphatic carbocycles. The fourth-order valence-corrected chi connectivity index (χ4v) is 1.40. The van der Waals surface area contributed by atoms with Gasteiger partial charge in [-0.1, -0.05) is 0 Å². The number of hydrogen-bond acceptors (Lipinski definition) is 4. The van der Waals surface area contributed by atoms with Crippen LogP contribution in [-0.4, -0.2) is 32.0 Å². The lowest BCUT2D eigenvalue weighted by molar-refractivity contribution is -0.174. The summed E-state index contributed by atoms with van der Waals surface area (Å²) in [5.41, 5.74) is 3.25. The molecule has 1 aliphatic heterocycles. The minimum atomic E-state index is -4.31. The lowest BCUT2D eigenvalue weighted by Crippen LogP contribution is -2.41. The third-order valence-electron chi connectivity index (χ3n) is 2.16. The van der Waals surface area contributed by atoms with Crippen LogP contribution in [0.3, 0.4) is 0 Å². The molecular formula is C9H15F3N2O2. The van der Waals surface area contributed by atoms with E-state index in [-0.39, 0.29) is 6.61 Å². The van der Waals surface area contributed by atoms with E-state index in [4.69, 9.17) is 10.6 Å². The predicted molar refractivity (Wildman–Crippen MR) is 51.3 cm³/mol. The van der Waals surface area contributed by atoms with Crippen molar-refractivity contribution in [2.24, 2.45) is 5.84 Å². The molecule has 1 rings (SSSR count). The first-order valence-electron chi connectivity index (χ1n) is 4.94. The van der Waals surface area contributed by atoms with E-state index in [1.165, 1.54) is 6.26 Å². The first kappa shape index (κ1) is 13.3. The van der Waals surface area contributed by atoms with Crippen LogP contribution in [0.2, 0.25) is 0 Å². The Hall–Kier alpha value is -0.790. The number of hydrogen-bond donors (Lipinski definition) is 2. The first-order chi connectivity index (χ1) is 7.53. The van der Waals surface area contributed by atoms with Gasteiger partial charge in [-0.15, -0.1) is 0 Å². The third kappa shape index (κ3) is 4.82. The molecule has 0 bridgehead atoms. The molecule has 4 nitrogen and oxygen atoms in total. The Bertz CT molecular complexity index is 243. The van der Waals surface area contributed by atoms with Crippen LogP contribution in [0, 0.1) is 0 Å². The Labute approximate surface area is 91.5 Å². The van der Waals surface area contributed by atoms with Gasteiger partial charge in [0, 0.05) is 0 Å². The van der Waals surface area contributed by atoms with Gasteiger partial charge in [-0.2, -0.15) is 13.2 Å². The summed E-state index contributed by atoms with van der Waals surface area (Å²) in [6, 6.07) is -0.428. The quantitative estimate of drug-likeness (QED) is 0.558. The molecule has 1 aliphatic rings. The number of rotatable bonds is 5. The normalized spacial score (nSPS) is 18.9. The molecule has 0 fully saturated rings. The van der Waals surface area contributed by atoms with Crippen molar-refractivity contribution in [3.05, 3.63) is 11.8 Å². The van der Waals surface area contributed by atoms with Gasteiger partial charge in [0.1, 0.15) is 6.61 Å². The number of ether oxygens (including phenoxy) is 2. The fourth-order valence-electron chi connectivity index (χ4n) is 1.40. The van der Waals surface area contributed by atoms with Gasteiger partial charge in [0.25, 0.3) is 0 Å². The van der Waals surface area contributed by atoms with E-state index >= 15 is 0 Å². The lowest BCUT2D eigenvalue weighted by atomic mass is 10.0. The van der Waals surface area contributed by atoms with Gasteiger partial charge < -0.3 is 9.47 Å². The Morgan fingerprint density at radius 1 is 1.56 bits per heavy atom. The van der Waals surface area contributed by atoms with Gasteiger partial charge in [0.05, 0.1) is 25.5 Å². The average molecular weight is 240 g/mol. The predicted octanol–water partition coefficient (Wildman–Crippen LogP) is 1.09. The molecule has 16 heavy (non-hydrogen) atoms. The molecule has 1 heterocycles. The smallest absolute Gasteiger partial charge is 0.411 e. The highest BCUT2D eigenvalue weighted by Gasteiger charge is 2.28. The van der Waals surface area contributed by atoms with Crippen LogP contribution < -0.4 is 11.3 Å². The number of alkyl halides is 3. The lowest BCUT2D eigenvalue weighted by Gasteiger charge is -2.22. The summed E-state index contributed by atoms with van der Waals surface area (Å²) in [6.07, 6.45) is -1.19. The zero-order valence-electron chi connectivity index (χ0n) is 8.72. The molecule has 0 radical (unpaired) electrons. The molecule has 0 saturated heterocycles. The molecular weight excluding hydrogens is 225 g/mol. The summed E-state index contributed by atoms with van der Waals surface area (Å²) < 4.78 is 45.1. The molecule has 0 aromatic rings. The second-order valence-corrected chi connectivity index (χ2v) is 3.52. The van der Waals surface area contributed by atoms with Gasteiger partial charge >= 0.3 is 6.18 Å². The highest BCUT2D eigenvalue weighted by Crippen LogP contribution is 2.18. The highest BCUT2D eigenvalue weighted by molar-refractivity contribution is 5.09. The topological polar surface area (TPSA) is 56.5 Å². The van der Waals surface area contributed by atoms with E-state index in [2.05, 4.69) is 10.2 Å². The van der Waals surface area contributed by atoms with Crippen LogP contribution in [0.25, 0.3) is 0 Å². The molecule has 0 spiro atoms. The average Bonchev–Trinajstić information content (AvgIpc) is 2.24. The highest BCUT2D eigenvalue weighted by atomic mass is 19.4. The van der Waals surface area contributed by atoms with Crippen molar-refractivity contribution < 1.29 is 22.6 Å². The molecule has 0 amide bonds. The van der Waals surface area contributed by atoms with Gasteiger partial charge in [-0.3, -0.25) is 11.3 Å². The summed E-state index contributed by atoms with van der Waals surface area (Å²) in [4.78, 5) is 0. The van der Waals surface area contributed by atoms with Crippen molar-refractivity contribution in [2.45, 2.75) is 25.1 Å². The van der Waals surface area contributed by atoms with E-state index in [9.17, 15) is 13.2 Å². The molecule has 1 unspecified atom stereocenters.